The van der Waals surface area contributed by atoms with Gasteiger partial charge in [0.25, 0.3) is 11.1 Å². The Bertz CT molecular complexity index is 990. The fraction of sp³-hybridized carbons (Fsp3) is 0.238. The summed E-state index contributed by atoms with van der Waals surface area (Å²) in [5, 5.41) is 10.9. The molecule has 1 heterocycles. The maximum absolute atomic E-state index is 12.7. The van der Waals surface area contributed by atoms with Gasteiger partial charge in [0, 0.05) is 40.5 Å². The molecule has 1 fully saturated rings. The van der Waals surface area contributed by atoms with Gasteiger partial charge in [-0.05, 0) is 61.5 Å². The predicted molar refractivity (Wildman–Crippen MR) is 120 cm³/mol. The number of benzene rings is 2. The minimum Gasteiger partial charge on any atom is -0.507 e. The van der Waals surface area contributed by atoms with Crippen LogP contribution in [0.5, 0.6) is 5.75 Å². The molecule has 2 amide bonds. The highest BCUT2D eigenvalue weighted by Gasteiger charge is 2.35. The summed E-state index contributed by atoms with van der Waals surface area (Å²) in [7, 11) is 0. The van der Waals surface area contributed by atoms with Gasteiger partial charge in [0.2, 0.25) is 0 Å². The number of aromatic hydroxyl groups is 1. The van der Waals surface area contributed by atoms with E-state index in [0.29, 0.717) is 21.2 Å². The fourth-order valence-corrected chi connectivity index (χ4v) is 4.33. The maximum atomic E-state index is 12.7. The van der Waals surface area contributed by atoms with E-state index in [1.54, 1.807) is 30.3 Å². The van der Waals surface area contributed by atoms with Crippen LogP contribution in [0.3, 0.4) is 0 Å². The number of imide groups is 1. The van der Waals surface area contributed by atoms with Crippen LogP contribution < -0.4 is 4.90 Å². The Labute approximate surface area is 183 Å². The first-order valence-corrected chi connectivity index (χ1v) is 10.7. The second kappa shape index (κ2) is 9.11. The van der Waals surface area contributed by atoms with Gasteiger partial charge in [0.15, 0.2) is 0 Å². The Morgan fingerprint density at radius 3 is 2.45 bits per heavy atom. The van der Waals surface area contributed by atoms with Crippen molar-refractivity contribution in [3.8, 4) is 5.75 Å². The summed E-state index contributed by atoms with van der Waals surface area (Å²) in [6.07, 6.45) is 1.54. The van der Waals surface area contributed by atoms with Crippen molar-refractivity contribution in [1.29, 1.82) is 0 Å². The molecule has 1 aliphatic rings. The average Bonchev–Trinajstić information content (AvgIpc) is 2.94. The molecule has 152 valence electrons. The Morgan fingerprint density at radius 2 is 1.83 bits per heavy atom. The molecule has 0 atom stereocenters. The number of amides is 2. The van der Waals surface area contributed by atoms with Crippen LogP contribution in [0.25, 0.3) is 6.08 Å². The molecule has 0 bridgehead atoms. The van der Waals surface area contributed by atoms with Gasteiger partial charge in [-0.15, -0.1) is 0 Å². The van der Waals surface area contributed by atoms with Gasteiger partial charge in [-0.3, -0.25) is 14.5 Å². The van der Waals surface area contributed by atoms with Crippen molar-refractivity contribution < 1.29 is 14.7 Å². The highest BCUT2D eigenvalue weighted by molar-refractivity contribution is 8.18. The Balaban J connectivity index is 1.82. The van der Waals surface area contributed by atoms with E-state index in [9.17, 15) is 14.7 Å². The van der Waals surface area contributed by atoms with Crippen LogP contribution in [-0.2, 0) is 11.3 Å². The lowest BCUT2D eigenvalue weighted by Crippen LogP contribution is -2.27. The van der Waals surface area contributed by atoms with Gasteiger partial charge in [-0.1, -0.05) is 29.3 Å². The van der Waals surface area contributed by atoms with E-state index in [0.717, 1.165) is 35.4 Å². The van der Waals surface area contributed by atoms with Crippen molar-refractivity contribution in [2.45, 2.75) is 20.4 Å². The second-order valence-corrected chi connectivity index (χ2v) is 8.26. The first-order chi connectivity index (χ1) is 13.8. The highest BCUT2D eigenvalue weighted by atomic mass is 35.5. The quantitative estimate of drug-likeness (QED) is 0.564. The summed E-state index contributed by atoms with van der Waals surface area (Å²) in [5.41, 5.74) is 2.01. The van der Waals surface area contributed by atoms with E-state index in [1.165, 1.54) is 6.08 Å². The normalized spacial score (nSPS) is 15.4. The molecule has 1 N–H and O–H groups in total. The minimum absolute atomic E-state index is 0.0574. The fourth-order valence-electron chi connectivity index (χ4n) is 3.04. The minimum atomic E-state index is -0.418. The van der Waals surface area contributed by atoms with Crippen molar-refractivity contribution in [2.24, 2.45) is 0 Å². The van der Waals surface area contributed by atoms with Crippen molar-refractivity contribution in [2.75, 3.05) is 18.0 Å². The van der Waals surface area contributed by atoms with Crippen LogP contribution in [0.4, 0.5) is 10.5 Å². The number of nitrogens with zero attached hydrogens (tertiary/aromatic N) is 2. The number of hydrogen-bond donors (Lipinski definition) is 1. The summed E-state index contributed by atoms with van der Waals surface area (Å²) in [4.78, 5) is 28.6. The van der Waals surface area contributed by atoms with Crippen molar-refractivity contribution in [3.05, 3.63) is 62.5 Å². The molecule has 0 radical (unpaired) electrons. The van der Waals surface area contributed by atoms with Gasteiger partial charge >= 0.3 is 0 Å². The van der Waals surface area contributed by atoms with E-state index in [4.69, 9.17) is 23.2 Å². The lowest BCUT2D eigenvalue weighted by Gasteiger charge is -2.21. The number of rotatable bonds is 6. The van der Waals surface area contributed by atoms with Crippen LogP contribution in [0.15, 0.2) is 41.3 Å². The van der Waals surface area contributed by atoms with Crippen LogP contribution in [-0.4, -0.2) is 34.2 Å². The molecular formula is C21H20Cl2N2O3S. The van der Waals surface area contributed by atoms with Crippen LogP contribution in [0.1, 0.15) is 25.0 Å². The van der Waals surface area contributed by atoms with Gasteiger partial charge < -0.3 is 10.0 Å². The molecule has 0 spiro atoms. The molecule has 5 nitrogen and oxygen atoms in total. The van der Waals surface area contributed by atoms with Crippen molar-refractivity contribution in [3.63, 3.8) is 0 Å². The zero-order valence-electron chi connectivity index (χ0n) is 16.0. The smallest absolute Gasteiger partial charge is 0.293 e. The molecule has 3 rings (SSSR count). The van der Waals surface area contributed by atoms with E-state index >= 15 is 0 Å². The Kier molecular flexibility index (Phi) is 6.77. The lowest BCUT2D eigenvalue weighted by atomic mass is 10.1. The summed E-state index contributed by atoms with van der Waals surface area (Å²) >= 11 is 12.9. The highest BCUT2D eigenvalue weighted by Crippen LogP contribution is 2.36. The third-order valence-electron chi connectivity index (χ3n) is 4.65. The maximum Gasteiger partial charge on any atom is 0.293 e. The van der Waals surface area contributed by atoms with E-state index < -0.39 is 5.91 Å². The van der Waals surface area contributed by atoms with Crippen molar-refractivity contribution >= 4 is 57.9 Å². The van der Waals surface area contributed by atoms with Gasteiger partial charge in [0.1, 0.15) is 5.75 Å². The third kappa shape index (κ3) is 4.71. The van der Waals surface area contributed by atoms with Gasteiger partial charge in [-0.25, -0.2) is 0 Å². The molecule has 0 unspecified atom stereocenters. The number of carbonyl (C=O) groups excluding carboxylic acids is 2. The number of anilines is 1. The second-order valence-electron chi connectivity index (χ2n) is 6.42. The van der Waals surface area contributed by atoms with Gasteiger partial charge in [0.05, 0.1) is 11.4 Å². The number of carbonyl (C=O) groups is 2. The van der Waals surface area contributed by atoms with Crippen LogP contribution in [0, 0.1) is 0 Å². The molecule has 0 aliphatic carbocycles. The summed E-state index contributed by atoms with van der Waals surface area (Å²) in [6.45, 7) is 5.78. The number of halogens is 2. The Morgan fingerprint density at radius 1 is 1.10 bits per heavy atom. The SMILES string of the molecule is CCN(CC)c1ccc(/C=C2\SC(=O)N(Cc3ccc(Cl)cc3Cl)C2=O)c(O)c1. The molecule has 1 saturated heterocycles. The molecular weight excluding hydrogens is 431 g/mol. The van der Waals surface area contributed by atoms with E-state index in [1.807, 2.05) is 19.9 Å². The lowest BCUT2D eigenvalue weighted by molar-refractivity contribution is -0.123. The average molecular weight is 451 g/mol. The molecule has 8 heteroatoms. The molecule has 0 aromatic heterocycles. The summed E-state index contributed by atoms with van der Waals surface area (Å²) in [6, 6.07) is 10.2. The zero-order chi connectivity index (χ0) is 21.1. The number of phenolic OH excluding ortho intramolecular Hbond substituents is 1. The first-order valence-electron chi connectivity index (χ1n) is 9.11. The number of phenols is 1. The standard InChI is InChI=1S/C21H20Cl2N2O3S/c1-3-24(4-2)16-8-6-13(18(26)11-16)9-19-20(27)25(21(28)29-19)12-14-5-7-15(22)10-17(14)23/h5-11,26H,3-4,12H2,1-2H3/b19-9-. The van der Waals surface area contributed by atoms with E-state index in [-0.39, 0.29) is 22.4 Å². The van der Waals surface area contributed by atoms with E-state index in [2.05, 4.69) is 4.90 Å². The predicted octanol–water partition coefficient (Wildman–Crippen LogP) is 5.78. The first kappa shape index (κ1) is 21.6. The molecule has 2 aromatic rings. The number of thioether (sulfide) groups is 1. The Hall–Kier alpha value is -2.15. The summed E-state index contributed by atoms with van der Waals surface area (Å²) < 4.78 is 0. The molecule has 0 saturated carbocycles. The number of hydrogen-bond acceptors (Lipinski definition) is 5. The monoisotopic (exact) mass is 450 g/mol. The topological polar surface area (TPSA) is 60.9 Å². The zero-order valence-corrected chi connectivity index (χ0v) is 18.3. The largest absolute Gasteiger partial charge is 0.507 e. The molecule has 1 aliphatic heterocycles. The molecule has 2 aromatic carbocycles. The van der Waals surface area contributed by atoms with Crippen LogP contribution >= 0.6 is 35.0 Å². The molecule has 29 heavy (non-hydrogen) atoms. The summed E-state index contributed by atoms with van der Waals surface area (Å²) in [5.74, 6) is -0.361. The van der Waals surface area contributed by atoms with Gasteiger partial charge in [-0.2, -0.15) is 0 Å². The van der Waals surface area contributed by atoms with Crippen LogP contribution in [0.2, 0.25) is 10.0 Å². The third-order valence-corrected chi connectivity index (χ3v) is 6.14. The van der Waals surface area contributed by atoms with Crippen molar-refractivity contribution in [1.82, 2.24) is 4.90 Å².